The summed E-state index contributed by atoms with van der Waals surface area (Å²) in [6, 6.07) is 24.2. The largest absolute Gasteiger partial charge is 0.416 e. The Morgan fingerprint density at radius 3 is 1.58 bits per heavy atom. The quantitative estimate of drug-likeness (QED) is 0.204. The van der Waals surface area contributed by atoms with Crippen LogP contribution in [-0.2, 0) is 6.18 Å². The number of rotatable bonds is 2. The smallest absolute Gasteiger partial charge is 0.241 e. The minimum Gasteiger partial charge on any atom is -0.241 e. The molecule has 6 nitrogen and oxygen atoms in total. The van der Waals surface area contributed by atoms with Gasteiger partial charge in [0.2, 0.25) is 12.4 Å². The fourth-order valence-corrected chi connectivity index (χ4v) is 5.57. The number of aryl methyl sites for hydroxylation is 1. The van der Waals surface area contributed by atoms with Crippen LogP contribution < -0.4 is 10.7 Å². The van der Waals surface area contributed by atoms with Crippen molar-refractivity contribution in [2.45, 2.75) is 13.1 Å². The average molecular weight is 567 g/mol. The highest BCUT2D eigenvalue weighted by molar-refractivity contribution is 6.15. The van der Waals surface area contributed by atoms with Crippen LogP contribution >= 0.6 is 0 Å². The van der Waals surface area contributed by atoms with E-state index in [4.69, 9.17) is 9.97 Å². The number of nitrogens with zero attached hydrogens (tertiary/aromatic N) is 6. The maximum absolute atomic E-state index is 13.1. The lowest BCUT2D eigenvalue weighted by atomic mass is 10.0. The Kier molecular flexibility index (Phi) is 5.79. The molecule has 7 aromatic rings. The Balaban J connectivity index is 1.50. The van der Waals surface area contributed by atoms with Crippen LogP contribution in [0.2, 0.25) is 0 Å². The second-order valence-electron chi connectivity index (χ2n) is 10.2. The standard InChI is InChI=1S/C34H17F3N6/c1-18-2-4-19(5-3-18)22-8-12-24-27(15-22)31-32(28(24)40-16-38)42-30-25-13-9-21(14-26(25)29(41-17-39)33(30)43-31)20-6-10-23(11-7-20)34(35,36)37/h2-15H,1H3/b40-28+,41-29+. The molecule has 1 heterocycles. The van der Waals surface area contributed by atoms with Crippen LogP contribution in [0, 0.1) is 29.8 Å². The van der Waals surface area contributed by atoms with Gasteiger partial charge in [0.05, 0.1) is 16.6 Å². The molecule has 7 rings (SSSR count). The van der Waals surface area contributed by atoms with Crippen LogP contribution in [0.25, 0.3) is 65.9 Å². The second-order valence-corrected chi connectivity index (χ2v) is 10.2. The molecule has 204 valence electrons. The summed E-state index contributed by atoms with van der Waals surface area (Å²) < 4.78 is 39.3. The van der Waals surface area contributed by atoms with Crippen LogP contribution in [0.5, 0.6) is 0 Å². The van der Waals surface area contributed by atoms with Gasteiger partial charge in [-0.1, -0.05) is 66.2 Å². The predicted octanol–water partition coefficient (Wildman–Crippen LogP) is 7.39. The molecule has 0 aliphatic carbocycles. The summed E-state index contributed by atoms with van der Waals surface area (Å²) in [7, 11) is 0. The first kappa shape index (κ1) is 26.0. The predicted molar refractivity (Wildman–Crippen MR) is 157 cm³/mol. The monoisotopic (exact) mass is 566 g/mol. The van der Waals surface area contributed by atoms with E-state index in [-0.39, 0.29) is 0 Å². The van der Waals surface area contributed by atoms with Gasteiger partial charge < -0.3 is 0 Å². The van der Waals surface area contributed by atoms with Crippen molar-refractivity contribution >= 4 is 43.6 Å². The lowest BCUT2D eigenvalue weighted by Gasteiger charge is -2.08. The van der Waals surface area contributed by atoms with E-state index in [0.29, 0.717) is 54.7 Å². The highest BCUT2D eigenvalue weighted by Crippen LogP contribution is 2.34. The van der Waals surface area contributed by atoms with Gasteiger partial charge in [-0.2, -0.15) is 33.7 Å². The van der Waals surface area contributed by atoms with Gasteiger partial charge in [-0.25, -0.2) is 9.97 Å². The fourth-order valence-electron chi connectivity index (χ4n) is 5.57. The third-order valence-electron chi connectivity index (χ3n) is 7.66. The number of alkyl halides is 3. The molecular weight excluding hydrogens is 549 g/mol. The summed E-state index contributed by atoms with van der Waals surface area (Å²) in [5.41, 5.74) is 5.48. The van der Waals surface area contributed by atoms with E-state index >= 15 is 0 Å². The van der Waals surface area contributed by atoms with E-state index in [9.17, 15) is 23.7 Å². The first-order valence-corrected chi connectivity index (χ1v) is 13.2. The molecule has 0 saturated heterocycles. The van der Waals surface area contributed by atoms with Crippen LogP contribution in [0.1, 0.15) is 11.1 Å². The first-order chi connectivity index (χ1) is 20.8. The molecule has 0 aliphatic heterocycles. The number of benzene rings is 4. The molecule has 0 bridgehead atoms. The van der Waals surface area contributed by atoms with Crippen molar-refractivity contribution in [1.82, 2.24) is 9.97 Å². The molecule has 0 N–H and O–H groups in total. The number of nitriles is 2. The molecular formula is C34H17F3N6. The van der Waals surface area contributed by atoms with E-state index in [1.165, 1.54) is 12.1 Å². The van der Waals surface area contributed by atoms with Gasteiger partial charge in [0.15, 0.2) is 0 Å². The van der Waals surface area contributed by atoms with Crippen LogP contribution in [0.15, 0.2) is 94.9 Å². The number of hydrogen-bond acceptors (Lipinski definition) is 6. The van der Waals surface area contributed by atoms with E-state index in [2.05, 4.69) is 9.98 Å². The summed E-state index contributed by atoms with van der Waals surface area (Å²) in [4.78, 5) is 18.0. The van der Waals surface area contributed by atoms with Crippen LogP contribution in [-0.4, -0.2) is 9.97 Å². The van der Waals surface area contributed by atoms with Crippen LogP contribution in [0.3, 0.4) is 0 Å². The molecule has 0 saturated carbocycles. The fraction of sp³-hybridized carbons (Fsp3) is 0.0588. The minimum atomic E-state index is -4.43. The highest BCUT2D eigenvalue weighted by Gasteiger charge is 2.30. The topological polar surface area (TPSA) is 98.1 Å². The molecule has 9 heteroatoms. The van der Waals surface area contributed by atoms with Gasteiger partial charge in [0.25, 0.3) is 0 Å². The third-order valence-corrected chi connectivity index (χ3v) is 7.66. The lowest BCUT2D eigenvalue weighted by Crippen LogP contribution is -2.04. The van der Waals surface area contributed by atoms with E-state index in [0.717, 1.165) is 39.6 Å². The first-order valence-electron chi connectivity index (χ1n) is 13.2. The SMILES string of the molecule is Cc1ccc(-c2ccc3/c(=N\C#N)c4nc5c(nc4c3c2)/c(=N/C#N)c2cc(-c3ccc(C(F)(F)F)cc3)ccc25)cc1. The van der Waals surface area contributed by atoms with Crippen molar-refractivity contribution in [2.75, 3.05) is 0 Å². The van der Waals surface area contributed by atoms with Crippen molar-refractivity contribution in [3.8, 4) is 34.6 Å². The lowest BCUT2D eigenvalue weighted by molar-refractivity contribution is -0.137. The zero-order valence-electron chi connectivity index (χ0n) is 22.4. The Morgan fingerprint density at radius 2 is 1.02 bits per heavy atom. The second kappa shape index (κ2) is 9.57. The molecule has 0 amide bonds. The van der Waals surface area contributed by atoms with E-state index in [1.807, 2.05) is 61.8 Å². The van der Waals surface area contributed by atoms with Gasteiger partial charge in [-0.05, 0) is 53.4 Å². The van der Waals surface area contributed by atoms with Gasteiger partial charge in [0, 0.05) is 21.5 Å². The molecule has 0 radical (unpaired) electrons. The summed E-state index contributed by atoms with van der Waals surface area (Å²) >= 11 is 0. The Morgan fingerprint density at radius 1 is 0.558 bits per heavy atom. The van der Waals surface area contributed by atoms with Crippen molar-refractivity contribution in [1.29, 1.82) is 10.5 Å². The minimum absolute atomic E-state index is 0.318. The normalized spacial score (nSPS) is 12.9. The molecule has 1 aromatic heterocycles. The van der Waals surface area contributed by atoms with Crippen molar-refractivity contribution in [3.63, 3.8) is 0 Å². The van der Waals surface area contributed by atoms with Crippen molar-refractivity contribution in [2.24, 2.45) is 9.98 Å². The highest BCUT2D eigenvalue weighted by atomic mass is 19.4. The van der Waals surface area contributed by atoms with Gasteiger partial charge in [0.1, 0.15) is 21.7 Å². The zero-order valence-corrected chi connectivity index (χ0v) is 22.4. The third kappa shape index (κ3) is 4.18. The van der Waals surface area contributed by atoms with Crippen LogP contribution in [0.4, 0.5) is 13.2 Å². The molecule has 43 heavy (non-hydrogen) atoms. The molecule has 0 unspecified atom stereocenters. The zero-order chi connectivity index (χ0) is 29.9. The maximum atomic E-state index is 13.1. The molecule has 0 spiro atoms. The maximum Gasteiger partial charge on any atom is 0.416 e. The summed E-state index contributed by atoms with van der Waals surface area (Å²) in [5, 5.41) is 22.5. The molecule has 6 aromatic carbocycles. The number of aromatic nitrogens is 2. The Bertz CT molecular complexity index is 2450. The molecule has 0 fully saturated rings. The van der Waals surface area contributed by atoms with Gasteiger partial charge in [-0.3, -0.25) is 0 Å². The van der Waals surface area contributed by atoms with Crippen molar-refractivity contribution in [3.05, 3.63) is 107 Å². The van der Waals surface area contributed by atoms with E-state index in [1.54, 1.807) is 18.2 Å². The molecule has 0 aliphatic rings. The van der Waals surface area contributed by atoms with E-state index < -0.39 is 11.7 Å². The average Bonchev–Trinajstić information content (AvgIpc) is 3.47. The molecule has 0 atom stereocenters. The van der Waals surface area contributed by atoms with Gasteiger partial charge >= 0.3 is 6.18 Å². The summed E-state index contributed by atoms with van der Waals surface area (Å²) in [6.45, 7) is 2.02. The summed E-state index contributed by atoms with van der Waals surface area (Å²) in [5.74, 6) is 0. The summed E-state index contributed by atoms with van der Waals surface area (Å²) in [6.07, 6.45) is -0.699. The Labute approximate surface area is 241 Å². The van der Waals surface area contributed by atoms with Crippen molar-refractivity contribution < 1.29 is 13.2 Å². The Hall–Kier alpha value is -5.93. The number of fused-ring (bicyclic) bond motifs is 6. The van der Waals surface area contributed by atoms with Gasteiger partial charge in [-0.15, -0.1) is 0 Å². The number of halogens is 3. The number of hydrogen-bond donors (Lipinski definition) is 0.